The maximum atomic E-state index is 9.13. The third-order valence-corrected chi connectivity index (χ3v) is 3.20. The fourth-order valence-corrected chi connectivity index (χ4v) is 2.15. The molecule has 0 bridgehead atoms. The van der Waals surface area contributed by atoms with Gasteiger partial charge in [0.15, 0.2) is 0 Å². The Kier molecular flexibility index (Phi) is 5.03. The fraction of sp³-hybridized carbons (Fsp3) is 0.200. The first-order chi connectivity index (χ1) is 9.15. The number of hydrogen-bond acceptors (Lipinski definition) is 2. The Labute approximate surface area is 119 Å². The average molecular weight is 274 g/mol. The Morgan fingerprint density at radius 3 is 2.47 bits per heavy atom. The van der Waals surface area contributed by atoms with E-state index >= 15 is 0 Å². The summed E-state index contributed by atoms with van der Waals surface area (Å²) in [7, 11) is -0.453. The molecule has 0 saturated heterocycles. The molecule has 2 aromatic rings. The molecule has 19 heavy (non-hydrogen) atoms. The van der Waals surface area contributed by atoms with Gasteiger partial charge in [0, 0.05) is 5.02 Å². The predicted molar refractivity (Wildman–Crippen MR) is 82.4 cm³/mol. The van der Waals surface area contributed by atoms with Crippen LogP contribution in [0, 0.1) is 0 Å². The van der Waals surface area contributed by atoms with E-state index in [4.69, 9.17) is 16.6 Å². The molecule has 0 aromatic heterocycles. The van der Waals surface area contributed by atoms with Gasteiger partial charge in [0.1, 0.15) is 0 Å². The van der Waals surface area contributed by atoms with Gasteiger partial charge in [-0.1, -0.05) is 48.0 Å². The van der Waals surface area contributed by atoms with E-state index in [0.717, 1.165) is 29.1 Å². The molecule has 2 aromatic carbocycles. The molecule has 0 unspecified atom stereocenters. The number of halogens is 1. The van der Waals surface area contributed by atoms with E-state index in [1.165, 1.54) is 5.56 Å². The summed E-state index contributed by atoms with van der Waals surface area (Å²) < 4.78 is 0. The lowest BCUT2D eigenvalue weighted by molar-refractivity contribution is 0.554. The van der Waals surface area contributed by atoms with Gasteiger partial charge >= 0.3 is 7.05 Å². The number of benzene rings is 2. The van der Waals surface area contributed by atoms with Crippen LogP contribution in [0.2, 0.25) is 11.8 Å². The average Bonchev–Trinajstić information content (AvgIpc) is 2.39. The highest BCUT2D eigenvalue weighted by Crippen LogP contribution is 2.22. The highest BCUT2D eigenvalue weighted by Gasteiger charge is 2.02. The molecule has 0 aliphatic rings. The molecule has 0 aliphatic carbocycles. The van der Waals surface area contributed by atoms with Crippen LogP contribution in [0.25, 0.3) is 11.1 Å². The van der Waals surface area contributed by atoms with Crippen LogP contribution in [0.3, 0.4) is 0 Å². The molecular weight excluding hydrogens is 256 g/mol. The minimum atomic E-state index is -0.453. The lowest BCUT2D eigenvalue weighted by Gasteiger charge is -2.06. The van der Waals surface area contributed by atoms with E-state index in [9.17, 15) is 0 Å². The number of hydrogen-bond donors (Lipinski definition) is 2. The molecule has 2 N–H and O–H groups in total. The Balaban J connectivity index is 2.02. The topological polar surface area (TPSA) is 32.3 Å². The lowest BCUT2D eigenvalue weighted by atomic mass is 9.88. The first-order valence-corrected chi connectivity index (χ1v) is 6.79. The third-order valence-electron chi connectivity index (χ3n) is 2.97. The second kappa shape index (κ2) is 6.76. The first kappa shape index (κ1) is 14.1. The van der Waals surface area contributed by atoms with Crippen LogP contribution in [-0.2, 0) is 6.42 Å². The van der Waals surface area contributed by atoms with Crippen LogP contribution >= 0.6 is 11.6 Å². The highest BCUT2D eigenvalue weighted by molar-refractivity contribution is 6.45. The molecule has 98 valence electrons. The van der Waals surface area contributed by atoms with Gasteiger partial charge in [0.2, 0.25) is 0 Å². The van der Waals surface area contributed by atoms with Crippen molar-refractivity contribution >= 4 is 18.7 Å². The van der Waals surface area contributed by atoms with Crippen molar-refractivity contribution in [2.45, 2.75) is 13.2 Å². The summed E-state index contributed by atoms with van der Waals surface area (Å²) in [5, 5.41) is 12.9. The summed E-state index contributed by atoms with van der Waals surface area (Å²) in [6.07, 6.45) is 0.903. The van der Waals surface area contributed by atoms with Crippen molar-refractivity contribution in [3.8, 4) is 11.1 Å². The highest BCUT2D eigenvalue weighted by atomic mass is 35.5. The van der Waals surface area contributed by atoms with Crippen LogP contribution in [0.4, 0.5) is 0 Å². The van der Waals surface area contributed by atoms with Crippen molar-refractivity contribution in [1.29, 1.82) is 0 Å². The maximum Gasteiger partial charge on any atom is 0.373 e. The zero-order valence-corrected chi connectivity index (χ0v) is 11.7. The van der Waals surface area contributed by atoms with Crippen molar-refractivity contribution in [2.24, 2.45) is 0 Å². The molecule has 0 heterocycles. The van der Waals surface area contributed by atoms with Crippen molar-refractivity contribution in [1.82, 2.24) is 5.23 Å². The van der Waals surface area contributed by atoms with E-state index in [0.29, 0.717) is 0 Å². The number of nitrogens with one attached hydrogen (secondary N) is 1. The summed E-state index contributed by atoms with van der Waals surface area (Å²) in [6, 6.07) is 16.3. The molecule has 2 nitrogen and oxygen atoms in total. The third kappa shape index (κ3) is 4.39. The lowest BCUT2D eigenvalue weighted by Crippen LogP contribution is -2.32. The van der Waals surface area contributed by atoms with Gasteiger partial charge in [0.05, 0.1) is 0 Å². The fourth-order valence-electron chi connectivity index (χ4n) is 1.96. The minimum Gasteiger partial charge on any atom is -0.437 e. The first-order valence-electron chi connectivity index (χ1n) is 6.41. The molecule has 0 radical (unpaired) electrons. The predicted octanol–water partition coefficient (Wildman–Crippen LogP) is 3.25. The van der Waals surface area contributed by atoms with E-state index in [1.807, 2.05) is 18.2 Å². The van der Waals surface area contributed by atoms with Crippen LogP contribution in [0.5, 0.6) is 0 Å². The molecule has 0 atom stereocenters. The van der Waals surface area contributed by atoms with E-state index in [-0.39, 0.29) is 0 Å². The monoisotopic (exact) mass is 273 g/mol. The molecule has 2 rings (SSSR count). The zero-order valence-electron chi connectivity index (χ0n) is 10.9. The zero-order chi connectivity index (χ0) is 13.7. The van der Waals surface area contributed by atoms with Crippen LogP contribution in [0.1, 0.15) is 5.56 Å². The summed E-state index contributed by atoms with van der Waals surface area (Å²) in [6.45, 7) is 2.50. The molecular formula is C15H17BClNO. The van der Waals surface area contributed by atoms with Gasteiger partial charge in [-0.15, -0.1) is 0 Å². The quantitative estimate of drug-likeness (QED) is 0.820. The van der Waals surface area contributed by atoms with Crippen LogP contribution in [-0.4, -0.2) is 18.6 Å². The minimum absolute atomic E-state index is 0.453. The smallest absolute Gasteiger partial charge is 0.373 e. The molecule has 0 spiro atoms. The van der Waals surface area contributed by atoms with E-state index in [1.54, 1.807) is 6.82 Å². The molecule has 4 heteroatoms. The summed E-state index contributed by atoms with van der Waals surface area (Å²) in [5.41, 5.74) is 3.54. The molecule has 0 amide bonds. The Morgan fingerprint density at radius 2 is 1.84 bits per heavy atom. The Hall–Kier alpha value is -1.29. The Morgan fingerprint density at radius 1 is 1.11 bits per heavy atom. The van der Waals surface area contributed by atoms with Gasteiger partial charge in [-0.2, -0.15) is 0 Å². The van der Waals surface area contributed by atoms with Gasteiger partial charge in [-0.05, 0) is 48.6 Å². The summed E-state index contributed by atoms with van der Waals surface area (Å²) in [4.78, 5) is 0. The van der Waals surface area contributed by atoms with Crippen molar-refractivity contribution in [3.63, 3.8) is 0 Å². The van der Waals surface area contributed by atoms with Crippen LogP contribution in [0.15, 0.2) is 48.5 Å². The second-order valence-electron chi connectivity index (χ2n) is 4.59. The summed E-state index contributed by atoms with van der Waals surface area (Å²) in [5.74, 6) is 0. The van der Waals surface area contributed by atoms with E-state index in [2.05, 4.69) is 35.6 Å². The normalized spacial score (nSPS) is 10.5. The second-order valence-corrected chi connectivity index (χ2v) is 5.02. The largest absolute Gasteiger partial charge is 0.437 e. The van der Waals surface area contributed by atoms with Gasteiger partial charge in [-0.3, -0.25) is 0 Å². The molecule has 0 fully saturated rings. The standard InChI is InChI=1S/C15H17BClNO/c1-16(19)18-10-9-12-5-7-13(8-6-12)14-3-2-4-15(17)11-14/h2-8,11,18-19H,9-10H2,1H3. The molecule has 0 saturated carbocycles. The van der Waals surface area contributed by atoms with Crippen molar-refractivity contribution in [2.75, 3.05) is 6.54 Å². The van der Waals surface area contributed by atoms with Crippen LogP contribution < -0.4 is 5.23 Å². The van der Waals surface area contributed by atoms with Gasteiger partial charge in [0.25, 0.3) is 0 Å². The number of rotatable bonds is 5. The van der Waals surface area contributed by atoms with Gasteiger partial charge < -0.3 is 10.3 Å². The van der Waals surface area contributed by atoms with Crippen molar-refractivity contribution in [3.05, 3.63) is 59.1 Å². The van der Waals surface area contributed by atoms with Gasteiger partial charge in [-0.25, -0.2) is 0 Å². The Bertz CT molecular complexity index is 528. The van der Waals surface area contributed by atoms with Crippen molar-refractivity contribution < 1.29 is 5.02 Å². The van der Waals surface area contributed by atoms with E-state index < -0.39 is 7.05 Å². The summed E-state index contributed by atoms with van der Waals surface area (Å²) >= 11 is 5.99. The molecule has 0 aliphatic heterocycles. The maximum absolute atomic E-state index is 9.13. The SMILES string of the molecule is CB(O)NCCc1ccc(-c2cccc(Cl)c2)cc1.